The molecular weight excluding hydrogens is 418 g/mol. The van der Waals surface area contributed by atoms with Gasteiger partial charge in [0.2, 0.25) is 0 Å². The Kier molecular flexibility index (Phi) is 5.73. The molecule has 0 spiro atoms. The van der Waals surface area contributed by atoms with E-state index in [1.807, 2.05) is 38.2 Å². The molecule has 1 aromatic heterocycles. The second-order valence-corrected chi connectivity index (χ2v) is 9.91. The van der Waals surface area contributed by atoms with E-state index in [4.69, 9.17) is 4.74 Å². The number of hydrogen-bond donors (Lipinski definition) is 1. The fourth-order valence-electron chi connectivity index (χ4n) is 4.93. The second kappa shape index (κ2) is 8.67. The van der Waals surface area contributed by atoms with Crippen LogP contribution in [0, 0.1) is 11.3 Å². The molecule has 0 bridgehead atoms. The standard InChI is InChI=1S/C26H27N3O2S/c1-16(2)31-24-9-6-17(12-18(24)13-27)26-28-14-25(32-26)22-5-3-4-21-20(22)7-8-23(21)29-11-10-19(30)15-29/h3-6,9,12,14,16,19,23,30H,7-8,10-11,15H2,1-2H3. The number of aliphatic hydroxyl groups excluding tert-OH is 1. The summed E-state index contributed by atoms with van der Waals surface area (Å²) in [6.07, 6.45) is 4.81. The highest BCUT2D eigenvalue weighted by molar-refractivity contribution is 7.18. The van der Waals surface area contributed by atoms with Gasteiger partial charge in [-0.25, -0.2) is 4.98 Å². The van der Waals surface area contributed by atoms with Gasteiger partial charge in [0.15, 0.2) is 0 Å². The second-order valence-electron chi connectivity index (χ2n) is 8.88. The topological polar surface area (TPSA) is 69.4 Å². The smallest absolute Gasteiger partial charge is 0.137 e. The lowest BCUT2D eigenvalue weighted by Gasteiger charge is -2.24. The normalized spacial score (nSPS) is 20.5. The van der Waals surface area contributed by atoms with Gasteiger partial charge in [0.1, 0.15) is 16.8 Å². The third-order valence-electron chi connectivity index (χ3n) is 6.36. The predicted molar refractivity (Wildman–Crippen MR) is 127 cm³/mol. The van der Waals surface area contributed by atoms with Gasteiger partial charge in [-0.05, 0) is 68.0 Å². The number of nitrogens with zero attached hydrogens (tertiary/aromatic N) is 3. The van der Waals surface area contributed by atoms with Crippen molar-refractivity contribution in [3.63, 3.8) is 0 Å². The van der Waals surface area contributed by atoms with Gasteiger partial charge in [-0.1, -0.05) is 18.2 Å². The van der Waals surface area contributed by atoms with Gasteiger partial charge in [0.05, 0.1) is 22.6 Å². The van der Waals surface area contributed by atoms with Crippen LogP contribution in [0.4, 0.5) is 0 Å². The number of nitriles is 1. The first-order valence-electron chi connectivity index (χ1n) is 11.2. The highest BCUT2D eigenvalue weighted by Gasteiger charge is 2.33. The number of benzene rings is 2. The molecule has 1 N–H and O–H groups in total. The van der Waals surface area contributed by atoms with E-state index in [0.717, 1.165) is 47.8 Å². The van der Waals surface area contributed by atoms with E-state index in [9.17, 15) is 10.4 Å². The first kappa shape index (κ1) is 21.1. The maximum Gasteiger partial charge on any atom is 0.137 e. The van der Waals surface area contributed by atoms with Gasteiger partial charge in [0, 0.05) is 30.9 Å². The van der Waals surface area contributed by atoms with Crippen LogP contribution in [0.2, 0.25) is 0 Å². The molecule has 2 unspecified atom stereocenters. The molecule has 5 rings (SSSR count). The van der Waals surface area contributed by atoms with Crippen molar-refractivity contribution in [2.75, 3.05) is 13.1 Å². The molecule has 1 saturated heterocycles. The van der Waals surface area contributed by atoms with E-state index in [1.54, 1.807) is 11.3 Å². The number of aromatic nitrogens is 1. The Bertz CT molecular complexity index is 1180. The van der Waals surface area contributed by atoms with Crippen LogP contribution in [0.1, 0.15) is 49.4 Å². The lowest BCUT2D eigenvalue weighted by Crippen LogP contribution is -2.26. The Balaban J connectivity index is 1.44. The molecule has 0 radical (unpaired) electrons. The number of β-amino-alcohol motifs (C(OH)–C–C–N with tert-alkyl or cyclic N) is 1. The molecular formula is C26H27N3O2S. The minimum absolute atomic E-state index is 0.0206. The van der Waals surface area contributed by atoms with Crippen LogP contribution in [0.3, 0.4) is 0 Å². The summed E-state index contributed by atoms with van der Waals surface area (Å²) >= 11 is 1.66. The zero-order chi connectivity index (χ0) is 22.2. The molecule has 2 heterocycles. The SMILES string of the molecule is CC(C)Oc1ccc(-c2ncc(-c3cccc4c3CCC4N3CCC(O)C3)s2)cc1C#N. The quantitative estimate of drug-likeness (QED) is 0.585. The molecule has 6 heteroatoms. The monoisotopic (exact) mass is 445 g/mol. The first-order valence-corrected chi connectivity index (χ1v) is 12.1. The fraction of sp³-hybridized carbons (Fsp3) is 0.385. The first-order chi connectivity index (χ1) is 15.5. The van der Waals surface area contributed by atoms with Gasteiger partial charge in [-0.3, -0.25) is 4.90 Å². The predicted octanol–water partition coefficient (Wildman–Crippen LogP) is 5.19. The average molecular weight is 446 g/mol. The zero-order valence-electron chi connectivity index (χ0n) is 18.4. The van der Waals surface area contributed by atoms with E-state index in [2.05, 4.69) is 34.2 Å². The number of thiazole rings is 1. The van der Waals surface area contributed by atoms with E-state index < -0.39 is 0 Å². The van der Waals surface area contributed by atoms with E-state index in [-0.39, 0.29) is 12.2 Å². The maximum atomic E-state index is 9.97. The summed E-state index contributed by atoms with van der Waals surface area (Å²) < 4.78 is 5.75. The number of ether oxygens (including phenoxy) is 1. The van der Waals surface area contributed by atoms with Crippen LogP contribution in [0.15, 0.2) is 42.6 Å². The van der Waals surface area contributed by atoms with Crippen molar-refractivity contribution in [1.29, 1.82) is 5.26 Å². The summed E-state index contributed by atoms with van der Waals surface area (Å²) in [4.78, 5) is 8.27. The zero-order valence-corrected chi connectivity index (χ0v) is 19.2. The molecule has 0 saturated carbocycles. The van der Waals surface area contributed by atoms with E-state index in [1.165, 1.54) is 16.7 Å². The summed E-state index contributed by atoms with van der Waals surface area (Å²) in [7, 11) is 0. The van der Waals surface area contributed by atoms with Crippen molar-refractivity contribution in [3.8, 4) is 32.8 Å². The minimum Gasteiger partial charge on any atom is -0.490 e. The molecule has 2 aromatic carbocycles. The summed E-state index contributed by atoms with van der Waals surface area (Å²) in [5.41, 5.74) is 5.53. The lowest BCUT2D eigenvalue weighted by atomic mass is 10.0. The molecule has 1 aliphatic heterocycles. The molecule has 1 fully saturated rings. The molecule has 5 nitrogen and oxygen atoms in total. The van der Waals surface area contributed by atoms with Crippen molar-refractivity contribution in [1.82, 2.24) is 9.88 Å². The molecule has 0 amide bonds. The fourth-order valence-corrected chi connectivity index (χ4v) is 5.90. The van der Waals surface area contributed by atoms with Crippen LogP contribution in [0.5, 0.6) is 5.75 Å². The maximum absolute atomic E-state index is 9.97. The van der Waals surface area contributed by atoms with Crippen LogP contribution >= 0.6 is 11.3 Å². The number of hydrogen-bond acceptors (Lipinski definition) is 6. The summed E-state index contributed by atoms with van der Waals surface area (Å²) in [6.45, 7) is 5.66. The lowest BCUT2D eigenvalue weighted by molar-refractivity contribution is 0.159. The molecule has 2 atom stereocenters. The molecule has 164 valence electrons. The highest BCUT2D eigenvalue weighted by atomic mass is 32.1. The van der Waals surface area contributed by atoms with E-state index >= 15 is 0 Å². The van der Waals surface area contributed by atoms with Gasteiger partial charge >= 0.3 is 0 Å². The Morgan fingerprint density at radius 1 is 1.25 bits per heavy atom. The third kappa shape index (κ3) is 3.93. The number of likely N-dealkylation sites (tertiary alicyclic amines) is 1. The Labute approximate surface area is 192 Å². The molecule has 32 heavy (non-hydrogen) atoms. The highest BCUT2D eigenvalue weighted by Crippen LogP contribution is 2.43. The van der Waals surface area contributed by atoms with Crippen molar-refractivity contribution in [2.24, 2.45) is 0 Å². The van der Waals surface area contributed by atoms with Crippen LogP contribution in [-0.2, 0) is 6.42 Å². The van der Waals surface area contributed by atoms with Crippen molar-refractivity contribution in [3.05, 3.63) is 59.3 Å². The van der Waals surface area contributed by atoms with Gasteiger partial charge in [-0.2, -0.15) is 5.26 Å². The summed E-state index contributed by atoms with van der Waals surface area (Å²) in [5.74, 6) is 0.613. The van der Waals surface area contributed by atoms with Crippen LogP contribution in [0.25, 0.3) is 21.0 Å². The number of fused-ring (bicyclic) bond motifs is 1. The van der Waals surface area contributed by atoms with Crippen molar-refractivity contribution >= 4 is 11.3 Å². The summed E-state index contributed by atoms with van der Waals surface area (Å²) in [6, 6.07) is 14.9. The van der Waals surface area contributed by atoms with Gasteiger partial charge in [0.25, 0.3) is 0 Å². The third-order valence-corrected chi connectivity index (χ3v) is 7.44. The Hall–Kier alpha value is -2.72. The van der Waals surface area contributed by atoms with Crippen LogP contribution < -0.4 is 4.74 Å². The molecule has 1 aliphatic carbocycles. The Morgan fingerprint density at radius 2 is 2.12 bits per heavy atom. The number of rotatable bonds is 5. The van der Waals surface area contributed by atoms with Crippen LogP contribution in [-0.4, -0.2) is 40.3 Å². The molecule has 3 aromatic rings. The average Bonchev–Trinajstić information content (AvgIpc) is 3.52. The summed E-state index contributed by atoms with van der Waals surface area (Å²) in [5, 5.41) is 20.4. The van der Waals surface area contributed by atoms with Gasteiger partial charge in [-0.15, -0.1) is 11.3 Å². The van der Waals surface area contributed by atoms with Crippen molar-refractivity contribution < 1.29 is 9.84 Å². The van der Waals surface area contributed by atoms with Gasteiger partial charge < -0.3 is 9.84 Å². The number of aliphatic hydroxyl groups is 1. The molecule has 2 aliphatic rings. The minimum atomic E-state index is -0.193. The van der Waals surface area contributed by atoms with Crippen molar-refractivity contribution in [2.45, 2.75) is 51.4 Å². The largest absolute Gasteiger partial charge is 0.490 e. The van der Waals surface area contributed by atoms with E-state index in [0.29, 0.717) is 17.4 Å². The Morgan fingerprint density at radius 3 is 2.88 bits per heavy atom.